The van der Waals surface area contributed by atoms with Crippen LogP contribution in [0.5, 0.6) is 0 Å². The number of methoxy groups -OCH3 is 1. The van der Waals surface area contributed by atoms with E-state index < -0.39 is 0 Å². The molecule has 108 valence electrons. The molecule has 0 aromatic heterocycles. The van der Waals surface area contributed by atoms with Gasteiger partial charge in [-0.25, -0.2) is 0 Å². The maximum atomic E-state index is 12.4. The lowest BCUT2D eigenvalue weighted by Crippen LogP contribution is -2.36. The Hall–Kier alpha value is -0.790. The normalized spacial score (nSPS) is 33.6. The van der Waals surface area contributed by atoms with Crippen LogP contribution in [-0.2, 0) is 9.53 Å². The number of carbonyl (C=O) groups excluding carboxylic acids is 1. The number of hydrogen-bond donors (Lipinski definition) is 0. The van der Waals surface area contributed by atoms with E-state index >= 15 is 0 Å². The molecule has 2 aliphatic carbocycles. The first-order valence-electron chi connectivity index (χ1n) is 7.99. The first-order chi connectivity index (χ1) is 9.23. The van der Waals surface area contributed by atoms with Gasteiger partial charge in [-0.15, -0.1) is 0 Å². The molecule has 0 radical (unpaired) electrons. The summed E-state index contributed by atoms with van der Waals surface area (Å²) >= 11 is 0. The molecule has 2 heteroatoms. The first-order valence-corrected chi connectivity index (χ1v) is 7.99. The minimum atomic E-state index is -0.186. The molecule has 2 saturated carbocycles. The summed E-state index contributed by atoms with van der Waals surface area (Å²) in [6, 6.07) is 0. The molecule has 2 nitrogen and oxygen atoms in total. The maximum absolute atomic E-state index is 12.4. The Bertz CT molecular complexity index is 345. The van der Waals surface area contributed by atoms with Crippen molar-refractivity contribution in [3.63, 3.8) is 0 Å². The third-order valence-electron chi connectivity index (χ3n) is 5.07. The molecule has 19 heavy (non-hydrogen) atoms. The SMILES string of the molecule is CCC/C=C1\C[C@H]2CCCCCC[C@]2(C(=O)OC)C1. The van der Waals surface area contributed by atoms with Gasteiger partial charge in [0.15, 0.2) is 0 Å². The van der Waals surface area contributed by atoms with E-state index in [0.29, 0.717) is 5.92 Å². The van der Waals surface area contributed by atoms with Crippen molar-refractivity contribution in [3.8, 4) is 0 Å². The third-order valence-corrected chi connectivity index (χ3v) is 5.07. The average Bonchev–Trinajstić information content (AvgIpc) is 2.74. The second-order valence-electron chi connectivity index (χ2n) is 6.33. The summed E-state index contributed by atoms with van der Waals surface area (Å²) in [6.07, 6.45) is 14.2. The Morgan fingerprint density at radius 2 is 2.16 bits per heavy atom. The predicted octanol–water partition coefficient (Wildman–Crippen LogP) is 4.64. The number of allylic oxidation sites excluding steroid dienone is 2. The van der Waals surface area contributed by atoms with Crippen LogP contribution in [0, 0.1) is 11.3 Å². The van der Waals surface area contributed by atoms with E-state index in [1.165, 1.54) is 44.1 Å². The Kier molecular flexibility index (Phi) is 5.06. The predicted molar refractivity (Wildman–Crippen MR) is 77.9 cm³/mol. The molecule has 0 aromatic carbocycles. The average molecular weight is 264 g/mol. The second kappa shape index (κ2) is 6.58. The number of ether oxygens (including phenoxy) is 1. The number of hydrogen-bond acceptors (Lipinski definition) is 2. The molecular formula is C17H28O2. The highest BCUT2D eigenvalue weighted by Gasteiger charge is 2.50. The fourth-order valence-corrected chi connectivity index (χ4v) is 4.04. The van der Waals surface area contributed by atoms with Crippen LogP contribution < -0.4 is 0 Å². The van der Waals surface area contributed by atoms with E-state index in [1.807, 2.05) is 0 Å². The van der Waals surface area contributed by atoms with Crippen LogP contribution in [-0.4, -0.2) is 13.1 Å². The zero-order valence-corrected chi connectivity index (χ0v) is 12.5. The van der Waals surface area contributed by atoms with Gasteiger partial charge in [0.05, 0.1) is 12.5 Å². The first kappa shape index (κ1) is 14.6. The Balaban J connectivity index is 2.21. The highest BCUT2D eigenvalue weighted by Crippen LogP contribution is 2.53. The van der Waals surface area contributed by atoms with E-state index in [1.54, 1.807) is 7.11 Å². The number of unbranched alkanes of at least 4 members (excludes halogenated alkanes) is 1. The molecule has 2 fully saturated rings. The molecule has 0 aliphatic heterocycles. The standard InChI is InChI=1S/C17H28O2/c1-3-4-9-14-12-15-10-7-5-6-8-11-17(15,13-14)16(18)19-2/h9,15H,3-8,10-13H2,1-2H3/b14-9+/t15-,17+/m1/s1. The Morgan fingerprint density at radius 1 is 1.37 bits per heavy atom. The van der Waals surface area contributed by atoms with Gasteiger partial charge in [0, 0.05) is 0 Å². The van der Waals surface area contributed by atoms with E-state index in [0.717, 1.165) is 25.7 Å². The van der Waals surface area contributed by atoms with E-state index in [2.05, 4.69) is 13.0 Å². The fraction of sp³-hybridized carbons (Fsp3) is 0.824. The van der Waals surface area contributed by atoms with Crippen LogP contribution in [0.4, 0.5) is 0 Å². The Labute approximate surface area is 117 Å². The summed E-state index contributed by atoms with van der Waals surface area (Å²) in [5.41, 5.74) is 1.33. The van der Waals surface area contributed by atoms with Gasteiger partial charge in [-0.05, 0) is 38.0 Å². The minimum Gasteiger partial charge on any atom is -0.469 e. The van der Waals surface area contributed by atoms with E-state index in [4.69, 9.17) is 4.74 Å². The molecule has 0 heterocycles. The van der Waals surface area contributed by atoms with E-state index in [-0.39, 0.29) is 11.4 Å². The minimum absolute atomic E-state index is 0.0549. The molecule has 0 saturated heterocycles. The van der Waals surface area contributed by atoms with Gasteiger partial charge in [-0.1, -0.05) is 50.7 Å². The lowest BCUT2D eigenvalue weighted by atomic mass is 9.70. The van der Waals surface area contributed by atoms with Crippen LogP contribution in [0.1, 0.15) is 71.1 Å². The highest BCUT2D eigenvalue weighted by atomic mass is 16.5. The van der Waals surface area contributed by atoms with Crippen molar-refractivity contribution in [2.45, 2.75) is 71.1 Å². The molecular weight excluding hydrogens is 236 g/mol. The molecule has 2 atom stereocenters. The summed E-state index contributed by atoms with van der Waals surface area (Å²) in [5.74, 6) is 0.586. The molecule has 0 aromatic rings. The van der Waals surface area contributed by atoms with Crippen molar-refractivity contribution in [2.75, 3.05) is 7.11 Å². The summed E-state index contributed by atoms with van der Waals surface area (Å²) < 4.78 is 5.18. The topological polar surface area (TPSA) is 26.3 Å². The lowest BCUT2D eigenvalue weighted by Gasteiger charge is -2.34. The van der Waals surface area contributed by atoms with Crippen molar-refractivity contribution in [2.24, 2.45) is 11.3 Å². The second-order valence-corrected chi connectivity index (χ2v) is 6.33. The molecule has 0 bridgehead atoms. The molecule has 2 rings (SSSR count). The van der Waals surface area contributed by atoms with Gasteiger partial charge < -0.3 is 4.74 Å². The van der Waals surface area contributed by atoms with Gasteiger partial charge in [-0.2, -0.15) is 0 Å². The molecule has 2 aliphatic rings. The highest BCUT2D eigenvalue weighted by molar-refractivity contribution is 5.78. The molecule has 0 spiro atoms. The van der Waals surface area contributed by atoms with Crippen LogP contribution in [0.3, 0.4) is 0 Å². The van der Waals surface area contributed by atoms with E-state index in [9.17, 15) is 4.79 Å². The summed E-state index contributed by atoms with van der Waals surface area (Å²) in [7, 11) is 1.56. The van der Waals surface area contributed by atoms with Gasteiger partial charge in [-0.3, -0.25) is 4.79 Å². The van der Waals surface area contributed by atoms with Crippen LogP contribution >= 0.6 is 0 Å². The quantitative estimate of drug-likeness (QED) is 0.548. The third kappa shape index (κ3) is 3.04. The van der Waals surface area contributed by atoms with Gasteiger partial charge >= 0.3 is 5.97 Å². The van der Waals surface area contributed by atoms with Crippen LogP contribution in [0.2, 0.25) is 0 Å². The molecule has 0 amide bonds. The van der Waals surface area contributed by atoms with Crippen molar-refractivity contribution in [1.82, 2.24) is 0 Å². The number of rotatable bonds is 3. The zero-order chi connectivity index (χ0) is 13.7. The fourth-order valence-electron chi connectivity index (χ4n) is 4.04. The lowest BCUT2D eigenvalue weighted by molar-refractivity contribution is -0.156. The zero-order valence-electron chi connectivity index (χ0n) is 12.5. The summed E-state index contributed by atoms with van der Waals surface area (Å²) in [5, 5.41) is 0. The van der Waals surface area contributed by atoms with Gasteiger partial charge in [0.1, 0.15) is 0 Å². The molecule has 0 N–H and O–H groups in total. The van der Waals surface area contributed by atoms with Crippen molar-refractivity contribution < 1.29 is 9.53 Å². The van der Waals surface area contributed by atoms with Crippen molar-refractivity contribution in [1.29, 1.82) is 0 Å². The monoisotopic (exact) mass is 264 g/mol. The largest absolute Gasteiger partial charge is 0.469 e. The summed E-state index contributed by atoms with van der Waals surface area (Å²) in [4.78, 5) is 12.4. The maximum Gasteiger partial charge on any atom is 0.312 e. The summed E-state index contributed by atoms with van der Waals surface area (Å²) in [6.45, 7) is 2.21. The van der Waals surface area contributed by atoms with Crippen molar-refractivity contribution in [3.05, 3.63) is 11.6 Å². The van der Waals surface area contributed by atoms with Crippen LogP contribution in [0.25, 0.3) is 0 Å². The molecule has 0 unspecified atom stereocenters. The van der Waals surface area contributed by atoms with Gasteiger partial charge in [0.25, 0.3) is 0 Å². The van der Waals surface area contributed by atoms with Crippen molar-refractivity contribution >= 4 is 5.97 Å². The van der Waals surface area contributed by atoms with Crippen LogP contribution in [0.15, 0.2) is 11.6 Å². The number of fused-ring (bicyclic) bond motifs is 1. The van der Waals surface area contributed by atoms with Gasteiger partial charge in [0.2, 0.25) is 0 Å². The smallest absolute Gasteiger partial charge is 0.312 e. The Morgan fingerprint density at radius 3 is 2.89 bits per heavy atom. The number of carbonyl (C=O) groups is 1. The number of esters is 1.